The molecule has 4 heteroatoms. The normalized spacial score (nSPS) is 20.2. The van der Waals surface area contributed by atoms with Crippen LogP contribution in [0.3, 0.4) is 0 Å². The van der Waals surface area contributed by atoms with Crippen LogP contribution in [-0.4, -0.2) is 28.7 Å². The Morgan fingerprint density at radius 2 is 2.50 bits per heavy atom. The summed E-state index contributed by atoms with van der Waals surface area (Å²) in [6.45, 7) is 4.01. The Balaban J connectivity index is 1.89. The Morgan fingerprint density at radius 3 is 3.06 bits per heavy atom. The van der Waals surface area contributed by atoms with Gasteiger partial charge < -0.3 is 5.32 Å². The van der Waals surface area contributed by atoms with Gasteiger partial charge in [0.05, 0.1) is 5.69 Å². The van der Waals surface area contributed by atoms with Crippen LogP contribution in [0.2, 0.25) is 0 Å². The number of ketones is 1. The first kappa shape index (κ1) is 11.3. The van der Waals surface area contributed by atoms with Gasteiger partial charge in [0.15, 0.2) is 0 Å². The fourth-order valence-electron chi connectivity index (χ4n) is 2.31. The highest BCUT2D eigenvalue weighted by Crippen LogP contribution is 2.14. The Bertz CT molecular complexity index is 378. The van der Waals surface area contributed by atoms with E-state index in [0.717, 1.165) is 30.9 Å². The minimum Gasteiger partial charge on any atom is -0.316 e. The second kappa shape index (κ2) is 4.78. The minimum absolute atomic E-state index is 0.330. The summed E-state index contributed by atoms with van der Waals surface area (Å²) in [4.78, 5) is 11.9. The molecular weight excluding hydrogens is 202 g/mol. The van der Waals surface area contributed by atoms with Crippen molar-refractivity contribution in [3.8, 4) is 0 Å². The van der Waals surface area contributed by atoms with E-state index < -0.39 is 0 Å². The zero-order valence-electron chi connectivity index (χ0n) is 9.99. The quantitative estimate of drug-likeness (QED) is 0.819. The maximum atomic E-state index is 11.9. The molecule has 1 atom stereocenters. The predicted octanol–water partition coefficient (Wildman–Crippen LogP) is 0.840. The molecule has 4 nitrogen and oxygen atoms in total. The Kier molecular flexibility index (Phi) is 3.39. The molecular formula is C12H19N3O. The first-order valence-electron chi connectivity index (χ1n) is 5.87. The van der Waals surface area contributed by atoms with Gasteiger partial charge in [0.2, 0.25) is 0 Å². The number of carbonyl (C=O) groups excluding carboxylic acids is 1. The molecule has 1 fully saturated rings. The van der Waals surface area contributed by atoms with Crippen molar-refractivity contribution in [2.75, 3.05) is 13.1 Å². The summed E-state index contributed by atoms with van der Waals surface area (Å²) in [7, 11) is 1.90. The summed E-state index contributed by atoms with van der Waals surface area (Å²) < 4.78 is 1.81. The summed E-state index contributed by atoms with van der Waals surface area (Å²) in [6.07, 6.45) is 2.36. The molecule has 88 valence electrons. The molecule has 0 aromatic carbocycles. The van der Waals surface area contributed by atoms with Crippen molar-refractivity contribution in [1.29, 1.82) is 0 Å². The summed E-state index contributed by atoms with van der Waals surface area (Å²) in [5.74, 6) is 0.874. The molecule has 1 aromatic rings. The van der Waals surface area contributed by atoms with Gasteiger partial charge in [-0.05, 0) is 38.4 Å². The second-order valence-corrected chi connectivity index (χ2v) is 4.68. The third-order valence-electron chi connectivity index (χ3n) is 3.16. The van der Waals surface area contributed by atoms with Gasteiger partial charge in [0.25, 0.3) is 0 Å². The number of Topliss-reactive ketones (excluding diaryl/α,β-unsaturated/α-hetero) is 1. The van der Waals surface area contributed by atoms with Crippen LogP contribution < -0.4 is 5.32 Å². The fourth-order valence-corrected chi connectivity index (χ4v) is 2.31. The highest BCUT2D eigenvalue weighted by Gasteiger charge is 2.18. The van der Waals surface area contributed by atoms with E-state index in [-0.39, 0.29) is 0 Å². The van der Waals surface area contributed by atoms with Gasteiger partial charge in [0, 0.05) is 25.6 Å². The van der Waals surface area contributed by atoms with E-state index in [1.807, 2.05) is 20.0 Å². The SMILES string of the molecule is Cc1cc(CC(=O)CC2CCNC2)n(C)n1. The summed E-state index contributed by atoms with van der Waals surface area (Å²) in [5.41, 5.74) is 2.00. The van der Waals surface area contributed by atoms with Crippen LogP contribution in [0.4, 0.5) is 0 Å². The lowest BCUT2D eigenvalue weighted by Crippen LogP contribution is -2.15. The smallest absolute Gasteiger partial charge is 0.139 e. The lowest BCUT2D eigenvalue weighted by atomic mass is 9.99. The molecule has 1 N–H and O–H groups in total. The monoisotopic (exact) mass is 221 g/mol. The van der Waals surface area contributed by atoms with E-state index in [0.29, 0.717) is 24.5 Å². The number of rotatable bonds is 4. The topological polar surface area (TPSA) is 46.9 Å². The Hall–Kier alpha value is -1.16. The fraction of sp³-hybridized carbons (Fsp3) is 0.667. The summed E-state index contributed by atoms with van der Waals surface area (Å²) in [5, 5.41) is 7.54. The van der Waals surface area contributed by atoms with E-state index >= 15 is 0 Å². The van der Waals surface area contributed by atoms with Crippen molar-refractivity contribution in [3.05, 3.63) is 17.5 Å². The van der Waals surface area contributed by atoms with Crippen molar-refractivity contribution in [2.45, 2.75) is 26.2 Å². The highest BCUT2D eigenvalue weighted by molar-refractivity contribution is 5.80. The summed E-state index contributed by atoms with van der Waals surface area (Å²) >= 11 is 0. The maximum Gasteiger partial charge on any atom is 0.139 e. The van der Waals surface area contributed by atoms with E-state index in [1.165, 1.54) is 0 Å². The van der Waals surface area contributed by atoms with Crippen molar-refractivity contribution in [2.24, 2.45) is 13.0 Å². The molecule has 1 aliphatic heterocycles. The van der Waals surface area contributed by atoms with Crippen LogP contribution in [0.25, 0.3) is 0 Å². The molecule has 1 unspecified atom stereocenters. The van der Waals surface area contributed by atoms with Crippen LogP contribution in [0.15, 0.2) is 6.07 Å². The number of nitrogens with one attached hydrogen (secondary N) is 1. The van der Waals surface area contributed by atoms with Crippen LogP contribution in [0, 0.1) is 12.8 Å². The molecule has 1 saturated heterocycles. The number of nitrogens with zero attached hydrogens (tertiary/aromatic N) is 2. The molecule has 16 heavy (non-hydrogen) atoms. The average molecular weight is 221 g/mol. The summed E-state index contributed by atoms with van der Waals surface area (Å²) in [6, 6.07) is 1.99. The standard InChI is InChI=1S/C12H19N3O/c1-9-5-11(15(2)14-9)7-12(16)6-10-3-4-13-8-10/h5,10,13H,3-4,6-8H2,1-2H3. The van der Waals surface area contributed by atoms with Gasteiger partial charge in [-0.3, -0.25) is 9.48 Å². The number of hydrogen-bond acceptors (Lipinski definition) is 3. The van der Waals surface area contributed by atoms with Crippen molar-refractivity contribution < 1.29 is 4.79 Å². The van der Waals surface area contributed by atoms with Gasteiger partial charge in [-0.15, -0.1) is 0 Å². The molecule has 1 aromatic heterocycles. The average Bonchev–Trinajstić information content (AvgIpc) is 2.78. The van der Waals surface area contributed by atoms with E-state index in [9.17, 15) is 4.79 Å². The van der Waals surface area contributed by atoms with Gasteiger partial charge in [-0.1, -0.05) is 0 Å². The van der Waals surface area contributed by atoms with E-state index in [4.69, 9.17) is 0 Å². The number of aromatic nitrogens is 2. The van der Waals surface area contributed by atoms with E-state index in [2.05, 4.69) is 10.4 Å². The number of aryl methyl sites for hydroxylation is 2. The Labute approximate surface area is 96.0 Å². The van der Waals surface area contributed by atoms with Gasteiger partial charge >= 0.3 is 0 Å². The molecule has 2 rings (SSSR count). The van der Waals surface area contributed by atoms with Crippen LogP contribution in [0.1, 0.15) is 24.2 Å². The van der Waals surface area contributed by atoms with Crippen molar-refractivity contribution in [3.63, 3.8) is 0 Å². The molecule has 2 heterocycles. The van der Waals surface area contributed by atoms with Crippen LogP contribution in [0.5, 0.6) is 0 Å². The third kappa shape index (κ3) is 2.70. The second-order valence-electron chi connectivity index (χ2n) is 4.68. The number of carbonyl (C=O) groups is 1. The highest BCUT2D eigenvalue weighted by atomic mass is 16.1. The molecule has 0 bridgehead atoms. The molecule has 1 aliphatic rings. The molecule has 0 amide bonds. The molecule has 0 radical (unpaired) electrons. The zero-order chi connectivity index (χ0) is 11.5. The Morgan fingerprint density at radius 1 is 1.69 bits per heavy atom. The lowest BCUT2D eigenvalue weighted by molar-refractivity contribution is -0.119. The van der Waals surface area contributed by atoms with Crippen LogP contribution >= 0.6 is 0 Å². The molecule has 0 aliphatic carbocycles. The van der Waals surface area contributed by atoms with Crippen LogP contribution in [-0.2, 0) is 18.3 Å². The number of hydrogen-bond donors (Lipinski definition) is 1. The third-order valence-corrected chi connectivity index (χ3v) is 3.16. The molecule has 0 spiro atoms. The lowest BCUT2D eigenvalue weighted by Gasteiger charge is -2.06. The van der Waals surface area contributed by atoms with E-state index in [1.54, 1.807) is 4.68 Å². The first-order valence-corrected chi connectivity index (χ1v) is 5.87. The predicted molar refractivity (Wildman–Crippen MR) is 62.2 cm³/mol. The van der Waals surface area contributed by atoms with Crippen molar-refractivity contribution in [1.82, 2.24) is 15.1 Å². The molecule has 0 saturated carbocycles. The van der Waals surface area contributed by atoms with Gasteiger partial charge in [-0.2, -0.15) is 5.10 Å². The largest absolute Gasteiger partial charge is 0.316 e. The zero-order valence-corrected chi connectivity index (χ0v) is 9.99. The van der Waals surface area contributed by atoms with Crippen molar-refractivity contribution >= 4 is 5.78 Å². The minimum atomic E-state index is 0.330. The van der Waals surface area contributed by atoms with Gasteiger partial charge in [-0.25, -0.2) is 0 Å². The van der Waals surface area contributed by atoms with Gasteiger partial charge in [0.1, 0.15) is 5.78 Å². The first-order chi connectivity index (χ1) is 7.65. The maximum absolute atomic E-state index is 11.9.